The van der Waals surface area contributed by atoms with Gasteiger partial charge in [0.2, 0.25) is 0 Å². The summed E-state index contributed by atoms with van der Waals surface area (Å²) < 4.78 is 0. The van der Waals surface area contributed by atoms with Crippen molar-refractivity contribution in [2.45, 2.75) is 47.1 Å². The second-order valence-electron chi connectivity index (χ2n) is 5.24. The Bertz CT molecular complexity index is 333. The van der Waals surface area contributed by atoms with Crippen LogP contribution in [-0.4, -0.2) is 17.6 Å². The van der Waals surface area contributed by atoms with Gasteiger partial charge < -0.3 is 5.32 Å². The van der Waals surface area contributed by atoms with Crippen molar-refractivity contribution >= 4 is 0 Å². The Balaban J connectivity index is 2.76. The van der Waals surface area contributed by atoms with Crippen LogP contribution >= 0.6 is 0 Å². The molecule has 2 nitrogen and oxygen atoms in total. The van der Waals surface area contributed by atoms with Crippen molar-refractivity contribution in [1.29, 1.82) is 0 Å². The maximum atomic E-state index is 4.50. The van der Waals surface area contributed by atoms with Crippen molar-refractivity contribution < 1.29 is 0 Å². The van der Waals surface area contributed by atoms with Gasteiger partial charge in [-0.1, -0.05) is 33.8 Å². The summed E-state index contributed by atoms with van der Waals surface area (Å²) in [6, 6.07) is 4.67. The summed E-state index contributed by atoms with van der Waals surface area (Å²) in [6.07, 6.45) is 2.92. The van der Waals surface area contributed by atoms with Gasteiger partial charge in [0.05, 0.1) is 0 Å². The van der Waals surface area contributed by atoms with Crippen LogP contribution in [0.2, 0.25) is 0 Å². The Hall–Kier alpha value is -0.890. The van der Waals surface area contributed by atoms with Crippen LogP contribution < -0.4 is 5.32 Å². The molecule has 17 heavy (non-hydrogen) atoms. The molecule has 1 N–H and O–H groups in total. The first-order valence-corrected chi connectivity index (χ1v) is 6.70. The molecule has 1 heterocycles. The SMILES string of the molecule is CCNC(Cc1ncccc1C)C(C)C(C)C. The lowest BCUT2D eigenvalue weighted by Crippen LogP contribution is -2.39. The van der Waals surface area contributed by atoms with Crippen LogP contribution in [0.4, 0.5) is 0 Å². The average molecular weight is 234 g/mol. The van der Waals surface area contributed by atoms with Gasteiger partial charge in [-0.2, -0.15) is 0 Å². The topological polar surface area (TPSA) is 24.9 Å². The van der Waals surface area contributed by atoms with E-state index in [0.29, 0.717) is 17.9 Å². The van der Waals surface area contributed by atoms with Gasteiger partial charge in [-0.05, 0) is 36.9 Å². The summed E-state index contributed by atoms with van der Waals surface area (Å²) in [4.78, 5) is 4.50. The summed E-state index contributed by atoms with van der Waals surface area (Å²) in [7, 11) is 0. The Kier molecular flexibility index (Phi) is 5.63. The molecule has 0 radical (unpaired) electrons. The summed E-state index contributed by atoms with van der Waals surface area (Å²) in [5.74, 6) is 1.36. The van der Waals surface area contributed by atoms with Crippen molar-refractivity contribution in [3.05, 3.63) is 29.6 Å². The third-order valence-corrected chi connectivity index (χ3v) is 3.68. The van der Waals surface area contributed by atoms with E-state index in [4.69, 9.17) is 0 Å². The summed E-state index contributed by atoms with van der Waals surface area (Å²) in [5, 5.41) is 3.60. The highest BCUT2D eigenvalue weighted by atomic mass is 14.9. The first-order valence-electron chi connectivity index (χ1n) is 6.70. The normalized spacial score (nSPS) is 14.9. The number of aromatic nitrogens is 1. The molecule has 0 fully saturated rings. The molecule has 2 atom stereocenters. The number of aryl methyl sites for hydroxylation is 1. The highest BCUT2D eigenvalue weighted by Crippen LogP contribution is 2.18. The molecule has 0 spiro atoms. The summed E-state index contributed by atoms with van der Waals surface area (Å²) in [6.45, 7) is 12.3. The van der Waals surface area contributed by atoms with Gasteiger partial charge in [-0.25, -0.2) is 0 Å². The zero-order valence-corrected chi connectivity index (χ0v) is 11.8. The molecule has 0 aliphatic carbocycles. The molecule has 0 bridgehead atoms. The molecule has 96 valence electrons. The number of hydrogen-bond acceptors (Lipinski definition) is 2. The third-order valence-electron chi connectivity index (χ3n) is 3.68. The Morgan fingerprint density at radius 1 is 1.29 bits per heavy atom. The lowest BCUT2D eigenvalue weighted by Gasteiger charge is -2.28. The molecule has 0 aliphatic heterocycles. The zero-order valence-electron chi connectivity index (χ0n) is 11.8. The minimum Gasteiger partial charge on any atom is -0.314 e. The van der Waals surface area contributed by atoms with E-state index in [-0.39, 0.29) is 0 Å². The van der Waals surface area contributed by atoms with Gasteiger partial charge in [0.25, 0.3) is 0 Å². The van der Waals surface area contributed by atoms with Crippen molar-refractivity contribution in [3.8, 4) is 0 Å². The molecular formula is C15H26N2. The van der Waals surface area contributed by atoms with E-state index in [2.05, 4.69) is 51.0 Å². The minimum atomic E-state index is 0.522. The third kappa shape index (κ3) is 4.12. The number of hydrogen-bond donors (Lipinski definition) is 1. The van der Waals surface area contributed by atoms with Crippen LogP contribution in [0.3, 0.4) is 0 Å². The average Bonchev–Trinajstić information content (AvgIpc) is 2.30. The van der Waals surface area contributed by atoms with Crippen molar-refractivity contribution in [1.82, 2.24) is 10.3 Å². The predicted molar refractivity (Wildman–Crippen MR) is 74.1 cm³/mol. The lowest BCUT2D eigenvalue weighted by atomic mass is 9.87. The Morgan fingerprint density at radius 3 is 2.53 bits per heavy atom. The number of nitrogens with zero attached hydrogens (tertiary/aromatic N) is 1. The van der Waals surface area contributed by atoms with Crippen LogP contribution in [0, 0.1) is 18.8 Å². The van der Waals surface area contributed by atoms with Gasteiger partial charge in [0.1, 0.15) is 0 Å². The van der Waals surface area contributed by atoms with Crippen LogP contribution in [-0.2, 0) is 6.42 Å². The minimum absolute atomic E-state index is 0.522. The second kappa shape index (κ2) is 6.75. The number of likely N-dealkylation sites (N-methyl/N-ethyl adjacent to an activating group) is 1. The van der Waals surface area contributed by atoms with Gasteiger partial charge in [0, 0.05) is 24.4 Å². The molecule has 2 unspecified atom stereocenters. The molecule has 2 heteroatoms. The highest BCUT2D eigenvalue weighted by Gasteiger charge is 2.20. The Morgan fingerprint density at radius 2 is 2.00 bits per heavy atom. The summed E-state index contributed by atoms with van der Waals surface area (Å²) in [5.41, 5.74) is 2.53. The molecule has 0 aliphatic rings. The predicted octanol–water partition coefficient (Wildman–Crippen LogP) is 3.20. The van der Waals surface area contributed by atoms with Crippen molar-refractivity contribution in [2.75, 3.05) is 6.54 Å². The van der Waals surface area contributed by atoms with E-state index in [1.807, 2.05) is 12.3 Å². The number of pyridine rings is 1. The molecule has 0 amide bonds. The van der Waals surface area contributed by atoms with Gasteiger partial charge in [-0.3, -0.25) is 4.98 Å². The molecule has 1 aromatic rings. The first-order chi connectivity index (χ1) is 8.06. The standard InChI is InChI=1S/C15H26N2/c1-6-16-15(13(5)11(2)3)10-14-12(4)8-7-9-17-14/h7-9,11,13,15-16H,6,10H2,1-5H3. The molecule has 0 saturated heterocycles. The van der Waals surface area contributed by atoms with Crippen molar-refractivity contribution in [2.24, 2.45) is 11.8 Å². The fourth-order valence-electron chi connectivity index (χ4n) is 2.11. The molecule has 0 aromatic carbocycles. The van der Waals surface area contributed by atoms with E-state index in [9.17, 15) is 0 Å². The number of nitrogens with one attached hydrogen (secondary N) is 1. The van der Waals surface area contributed by atoms with Gasteiger partial charge in [-0.15, -0.1) is 0 Å². The molecule has 1 aromatic heterocycles. The van der Waals surface area contributed by atoms with Crippen LogP contribution in [0.1, 0.15) is 39.0 Å². The lowest BCUT2D eigenvalue weighted by molar-refractivity contribution is 0.298. The van der Waals surface area contributed by atoms with E-state index >= 15 is 0 Å². The van der Waals surface area contributed by atoms with E-state index in [1.54, 1.807) is 0 Å². The molecule has 1 rings (SSSR count). The zero-order chi connectivity index (χ0) is 12.8. The fourth-order valence-corrected chi connectivity index (χ4v) is 2.11. The van der Waals surface area contributed by atoms with Crippen molar-refractivity contribution in [3.63, 3.8) is 0 Å². The maximum Gasteiger partial charge on any atom is 0.0448 e. The molecule has 0 saturated carbocycles. The first kappa shape index (κ1) is 14.2. The fraction of sp³-hybridized carbons (Fsp3) is 0.667. The van der Waals surface area contributed by atoms with Gasteiger partial charge >= 0.3 is 0 Å². The monoisotopic (exact) mass is 234 g/mol. The van der Waals surface area contributed by atoms with E-state index < -0.39 is 0 Å². The largest absolute Gasteiger partial charge is 0.314 e. The highest BCUT2D eigenvalue weighted by molar-refractivity contribution is 5.18. The molecular weight excluding hydrogens is 208 g/mol. The van der Waals surface area contributed by atoms with E-state index in [0.717, 1.165) is 13.0 Å². The van der Waals surface area contributed by atoms with Gasteiger partial charge in [0.15, 0.2) is 0 Å². The quantitative estimate of drug-likeness (QED) is 0.817. The van der Waals surface area contributed by atoms with Crippen LogP contribution in [0.15, 0.2) is 18.3 Å². The summed E-state index contributed by atoms with van der Waals surface area (Å²) >= 11 is 0. The van der Waals surface area contributed by atoms with E-state index in [1.165, 1.54) is 11.3 Å². The van der Waals surface area contributed by atoms with Crippen LogP contribution in [0.5, 0.6) is 0 Å². The smallest absolute Gasteiger partial charge is 0.0448 e. The second-order valence-corrected chi connectivity index (χ2v) is 5.24. The number of rotatable bonds is 6. The Labute approximate surface area is 106 Å². The maximum absolute atomic E-state index is 4.50. The van der Waals surface area contributed by atoms with Crippen LogP contribution in [0.25, 0.3) is 0 Å².